The van der Waals surface area contributed by atoms with Gasteiger partial charge in [0.25, 0.3) is 0 Å². The van der Waals surface area contributed by atoms with E-state index in [1.807, 2.05) is 12.2 Å². The fourth-order valence-electron chi connectivity index (χ4n) is 0.836. The molecular formula is C11H18O. The molecule has 0 atom stereocenters. The molecule has 68 valence electrons. The Hall–Kier alpha value is -0.850. The first-order chi connectivity index (χ1) is 5.91. The first-order valence-electron chi connectivity index (χ1n) is 4.67. The van der Waals surface area contributed by atoms with E-state index in [4.69, 9.17) is 0 Å². The lowest BCUT2D eigenvalue weighted by molar-refractivity contribution is -0.107. The summed E-state index contributed by atoms with van der Waals surface area (Å²) in [6.07, 6.45) is 14.4. The molecular weight excluding hydrogens is 148 g/mol. The molecule has 12 heavy (non-hydrogen) atoms. The molecule has 1 heteroatoms. The minimum Gasteiger partial charge on any atom is -0.303 e. The second kappa shape index (κ2) is 10.2. The normalized spacial score (nSPS) is 11.4. The van der Waals surface area contributed by atoms with Crippen molar-refractivity contribution in [3.05, 3.63) is 24.3 Å². The van der Waals surface area contributed by atoms with E-state index >= 15 is 0 Å². The van der Waals surface area contributed by atoms with Crippen molar-refractivity contribution in [2.45, 2.75) is 39.0 Å². The van der Waals surface area contributed by atoms with Crippen LogP contribution in [0.2, 0.25) is 0 Å². The van der Waals surface area contributed by atoms with Gasteiger partial charge in [-0.2, -0.15) is 0 Å². The fraction of sp³-hybridized carbons (Fsp3) is 0.545. The summed E-state index contributed by atoms with van der Waals surface area (Å²) in [7, 11) is 0. The van der Waals surface area contributed by atoms with E-state index in [9.17, 15) is 4.79 Å². The van der Waals surface area contributed by atoms with Crippen LogP contribution in [0, 0.1) is 0 Å². The van der Waals surface area contributed by atoms with Gasteiger partial charge in [0.1, 0.15) is 6.29 Å². The van der Waals surface area contributed by atoms with Gasteiger partial charge < -0.3 is 4.79 Å². The van der Waals surface area contributed by atoms with Crippen molar-refractivity contribution in [2.75, 3.05) is 0 Å². The molecule has 0 fully saturated rings. The van der Waals surface area contributed by atoms with Gasteiger partial charge in [0.15, 0.2) is 0 Å². The van der Waals surface area contributed by atoms with Crippen molar-refractivity contribution >= 4 is 6.29 Å². The Morgan fingerprint density at radius 1 is 1.00 bits per heavy atom. The van der Waals surface area contributed by atoms with E-state index in [0.29, 0.717) is 6.42 Å². The zero-order chi connectivity index (χ0) is 9.07. The molecule has 0 aromatic heterocycles. The number of aldehydes is 1. The van der Waals surface area contributed by atoms with Crippen molar-refractivity contribution in [2.24, 2.45) is 0 Å². The Morgan fingerprint density at radius 3 is 2.25 bits per heavy atom. The minimum absolute atomic E-state index is 0.638. The van der Waals surface area contributed by atoms with Crippen molar-refractivity contribution in [1.82, 2.24) is 0 Å². The van der Waals surface area contributed by atoms with E-state index in [1.54, 1.807) is 0 Å². The second-order valence-electron chi connectivity index (χ2n) is 2.74. The van der Waals surface area contributed by atoms with Crippen LogP contribution in [0.15, 0.2) is 24.3 Å². The third kappa shape index (κ3) is 9.15. The molecule has 1 nitrogen and oxygen atoms in total. The zero-order valence-corrected chi connectivity index (χ0v) is 7.83. The number of rotatable bonds is 7. The molecule has 0 bridgehead atoms. The van der Waals surface area contributed by atoms with Gasteiger partial charge in [-0.3, -0.25) is 0 Å². The van der Waals surface area contributed by atoms with Gasteiger partial charge in [0, 0.05) is 6.42 Å². The van der Waals surface area contributed by atoms with Crippen LogP contribution < -0.4 is 0 Å². The zero-order valence-electron chi connectivity index (χ0n) is 7.83. The molecule has 0 heterocycles. The van der Waals surface area contributed by atoms with Gasteiger partial charge in [0.2, 0.25) is 0 Å². The summed E-state index contributed by atoms with van der Waals surface area (Å²) in [4.78, 5) is 9.93. The van der Waals surface area contributed by atoms with Gasteiger partial charge in [-0.25, -0.2) is 0 Å². The number of carbonyl (C=O) groups excluding carboxylic acids is 1. The van der Waals surface area contributed by atoms with Gasteiger partial charge in [0.05, 0.1) is 0 Å². The molecule has 0 N–H and O–H groups in total. The summed E-state index contributed by atoms with van der Waals surface area (Å²) >= 11 is 0. The number of hydrogen-bond donors (Lipinski definition) is 0. The summed E-state index contributed by atoms with van der Waals surface area (Å²) in [5.41, 5.74) is 0. The SMILES string of the molecule is CCCC/C=C/C=C\CCC=O. The van der Waals surface area contributed by atoms with E-state index < -0.39 is 0 Å². The van der Waals surface area contributed by atoms with Crippen LogP contribution in [0.5, 0.6) is 0 Å². The molecule has 0 saturated carbocycles. The largest absolute Gasteiger partial charge is 0.303 e. The van der Waals surface area contributed by atoms with Crippen LogP contribution in [0.25, 0.3) is 0 Å². The van der Waals surface area contributed by atoms with Crippen LogP contribution in [-0.2, 0) is 4.79 Å². The first kappa shape index (κ1) is 11.2. The number of carbonyl (C=O) groups is 1. The summed E-state index contributed by atoms with van der Waals surface area (Å²) in [6.45, 7) is 2.19. The highest BCUT2D eigenvalue weighted by Gasteiger charge is 1.76. The number of allylic oxidation sites excluding steroid dienone is 4. The monoisotopic (exact) mass is 166 g/mol. The first-order valence-corrected chi connectivity index (χ1v) is 4.67. The van der Waals surface area contributed by atoms with Crippen molar-refractivity contribution in [1.29, 1.82) is 0 Å². The van der Waals surface area contributed by atoms with Crippen molar-refractivity contribution in [3.8, 4) is 0 Å². The second-order valence-corrected chi connectivity index (χ2v) is 2.74. The lowest BCUT2D eigenvalue weighted by Crippen LogP contribution is -1.69. The summed E-state index contributed by atoms with van der Waals surface area (Å²) in [5.74, 6) is 0. The Balaban J connectivity index is 3.20. The predicted octanol–water partition coefficient (Wildman–Crippen LogP) is 3.27. The van der Waals surface area contributed by atoms with Gasteiger partial charge in [-0.15, -0.1) is 0 Å². The van der Waals surface area contributed by atoms with E-state index in [1.165, 1.54) is 12.8 Å². The highest BCUT2D eigenvalue weighted by molar-refractivity contribution is 5.49. The quantitative estimate of drug-likeness (QED) is 0.322. The molecule has 0 aromatic rings. The standard InChI is InChI=1S/C11H18O/c1-2-3-4-5-6-7-8-9-10-11-12/h5-8,11H,2-4,9-10H2,1H3/b6-5+,8-7-. The molecule has 0 saturated heterocycles. The van der Waals surface area contributed by atoms with Crippen LogP contribution in [0.4, 0.5) is 0 Å². The third-order valence-corrected chi connectivity index (χ3v) is 1.56. The summed E-state index contributed by atoms with van der Waals surface area (Å²) in [6, 6.07) is 0. The number of hydrogen-bond acceptors (Lipinski definition) is 1. The van der Waals surface area contributed by atoms with Gasteiger partial charge in [-0.05, 0) is 12.8 Å². The highest BCUT2D eigenvalue weighted by Crippen LogP contribution is 1.95. The maximum Gasteiger partial charge on any atom is 0.120 e. The number of unbranched alkanes of at least 4 members (excludes halogenated alkanes) is 3. The molecule has 0 unspecified atom stereocenters. The molecule has 0 rings (SSSR count). The Kier molecular flexibility index (Phi) is 9.43. The maximum absolute atomic E-state index is 9.93. The lowest BCUT2D eigenvalue weighted by atomic mass is 10.2. The average Bonchev–Trinajstić information content (AvgIpc) is 2.10. The smallest absolute Gasteiger partial charge is 0.120 e. The third-order valence-electron chi connectivity index (χ3n) is 1.56. The Morgan fingerprint density at radius 2 is 1.67 bits per heavy atom. The highest BCUT2D eigenvalue weighted by atomic mass is 16.1. The van der Waals surface area contributed by atoms with E-state index in [0.717, 1.165) is 19.1 Å². The molecule has 0 aliphatic carbocycles. The topological polar surface area (TPSA) is 17.1 Å². The average molecular weight is 166 g/mol. The molecule has 0 aliphatic heterocycles. The maximum atomic E-state index is 9.93. The summed E-state index contributed by atoms with van der Waals surface area (Å²) in [5, 5.41) is 0. The molecule has 0 radical (unpaired) electrons. The fourth-order valence-corrected chi connectivity index (χ4v) is 0.836. The van der Waals surface area contributed by atoms with Crippen LogP contribution in [0.1, 0.15) is 39.0 Å². The van der Waals surface area contributed by atoms with Crippen LogP contribution in [0.3, 0.4) is 0 Å². The van der Waals surface area contributed by atoms with Gasteiger partial charge >= 0.3 is 0 Å². The van der Waals surface area contributed by atoms with Crippen LogP contribution >= 0.6 is 0 Å². The minimum atomic E-state index is 0.638. The van der Waals surface area contributed by atoms with E-state index in [-0.39, 0.29) is 0 Å². The van der Waals surface area contributed by atoms with Crippen molar-refractivity contribution < 1.29 is 4.79 Å². The molecule has 0 aliphatic rings. The molecule has 0 amide bonds. The van der Waals surface area contributed by atoms with E-state index in [2.05, 4.69) is 19.1 Å². The Bertz CT molecular complexity index is 145. The lowest BCUT2D eigenvalue weighted by Gasteiger charge is -1.85. The Labute approximate surface area is 75.2 Å². The molecule has 0 spiro atoms. The predicted molar refractivity (Wildman–Crippen MR) is 53.1 cm³/mol. The molecule has 0 aromatic carbocycles. The van der Waals surface area contributed by atoms with Crippen molar-refractivity contribution in [3.63, 3.8) is 0 Å². The summed E-state index contributed by atoms with van der Waals surface area (Å²) < 4.78 is 0. The van der Waals surface area contributed by atoms with Gasteiger partial charge in [-0.1, -0.05) is 44.1 Å². The van der Waals surface area contributed by atoms with Crippen LogP contribution in [-0.4, -0.2) is 6.29 Å².